The molecule has 1 aliphatic rings. The molecule has 0 bridgehead atoms. The van der Waals surface area contributed by atoms with E-state index in [1.54, 1.807) is 0 Å². The van der Waals surface area contributed by atoms with E-state index in [2.05, 4.69) is 17.0 Å². The molecule has 74 valence electrons. The molecule has 0 unspecified atom stereocenters. The van der Waals surface area contributed by atoms with Crippen molar-refractivity contribution in [1.82, 2.24) is 5.32 Å². The third-order valence-electron chi connectivity index (χ3n) is 2.12. The van der Waals surface area contributed by atoms with Gasteiger partial charge in [-0.15, -0.1) is 0 Å². The van der Waals surface area contributed by atoms with Gasteiger partial charge in [0.25, 0.3) is 0 Å². The molecule has 4 nitrogen and oxygen atoms in total. The van der Waals surface area contributed by atoms with Crippen molar-refractivity contribution in [3.8, 4) is 0 Å². The number of hydrogen-bond acceptors (Lipinski definition) is 3. The summed E-state index contributed by atoms with van der Waals surface area (Å²) < 4.78 is 4.34. The van der Waals surface area contributed by atoms with Crippen LogP contribution in [-0.2, 0) is 9.53 Å². The number of esters is 1. The molecular formula is C9H15NO3. The van der Waals surface area contributed by atoms with E-state index in [0.717, 1.165) is 12.8 Å². The van der Waals surface area contributed by atoms with Gasteiger partial charge in [0.15, 0.2) is 0 Å². The maximum Gasteiger partial charge on any atom is 0.415 e. The quantitative estimate of drug-likeness (QED) is 0.402. The average Bonchev–Trinajstić information content (AvgIpc) is 2.39. The van der Waals surface area contributed by atoms with Crippen LogP contribution in [0, 0.1) is 0 Å². The lowest BCUT2D eigenvalue weighted by atomic mass is 10.1. The minimum atomic E-state index is -0.606. The van der Waals surface area contributed by atoms with Crippen molar-refractivity contribution < 1.29 is 14.3 Å². The van der Waals surface area contributed by atoms with Gasteiger partial charge in [-0.25, -0.2) is 9.59 Å². The number of rotatable bonds is 5. The molecule has 1 amide bonds. The first-order valence-corrected chi connectivity index (χ1v) is 4.76. The second-order valence-electron chi connectivity index (χ2n) is 3.25. The number of carbonyl (C=O) groups is 2. The van der Waals surface area contributed by atoms with E-state index in [1.165, 1.54) is 12.8 Å². The van der Waals surface area contributed by atoms with Crippen molar-refractivity contribution in [3.05, 3.63) is 0 Å². The van der Waals surface area contributed by atoms with Crippen LogP contribution >= 0.6 is 0 Å². The SMILES string of the molecule is CCCCCC[C@H]1NC(=O)OC1=O. The fourth-order valence-corrected chi connectivity index (χ4v) is 1.36. The standard InChI is InChI=1S/C9H15NO3/c1-2-3-4-5-6-7-8(11)13-9(12)10-7/h7H,2-6H2,1H3,(H,10,12)/t7-/m1/s1. The van der Waals surface area contributed by atoms with Crippen LogP contribution in [0.4, 0.5) is 4.79 Å². The smallest absolute Gasteiger partial charge is 0.375 e. The number of ether oxygens (including phenoxy) is 1. The number of cyclic esters (lactones) is 2. The lowest BCUT2D eigenvalue weighted by Gasteiger charge is -2.03. The van der Waals surface area contributed by atoms with Crippen molar-refractivity contribution in [2.24, 2.45) is 0 Å². The van der Waals surface area contributed by atoms with Crippen LogP contribution in [0.15, 0.2) is 0 Å². The van der Waals surface area contributed by atoms with E-state index < -0.39 is 18.1 Å². The number of alkyl carbamates (subject to hydrolysis) is 1. The summed E-state index contributed by atoms with van der Waals surface area (Å²) in [5, 5.41) is 2.47. The monoisotopic (exact) mass is 185 g/mol. The van der Waals surface area contributed by atoms with Gasteiger partial charge < -0.3 is 10.1 Å². The Morgan fingerprint density at radius 3 is 2.62 bits per heavy atom. The van der Waals surface area contributed by atoms with Crippen LogP contribution < -0.4 is 5.32 Å². The van der Waals surface area contributed by atoms with Gasteiger partial charge in [0.2, 0.25) is 0 Å². The molecule has 0 aromatic carbocycles. The zero-order valence-corrected chi connectivity index (χ0v) is 7.84. The summed E-state index contributed by atoms with van der Waals surface area (Å²) in [7, 11) is 0. The van der Waals surface area contributed by atoms with E-state index in [9.17, 15) is 9.59 Å². The Kier molecular flexibility index (Phi) is 3.73. The largest absolute Gasteiger partial charge is 0.415 e. The fourth-order valence-electron chi connectivity index (χ4n) is 1.36. The van der Waals surface area contributed by atoms with Gasteiger partial charge in [-0.2, -0.15) is 0 Å². The highest BCUT2D eigenvalue weighted by Crippen LogP contribution is 2.10. The van der Waals surface area contributed by atoms with Gasteiger partial charge >= 0.3 is 12.1 Å². The molecule has 1 heterocycles. The second-order valence-corrected chi connectivity index (χ2v) is 3.25. The molecule has 1 atom stereocenters. The van der Waals surface area contributed by atoms with E-state index in [4.69, 9.17) is 0 Å². The summed E-state index contributed by atoms with van der Waals surface area (Å²) in [5.41, 5.74) is 0. The Balaban J connectivity index is 2.14. The molecule has 1 fully saturated rings. The summed E-state index contributed by atoms with van der Waals surface area (Å²) in [4.78, 5) is 21.5. The molecule has 1 rings (SSSR count). The third kappa shape index (κ3) is 3.05. The molecule has 0 spiro atoms. The van der Waals surface area contributed by atoms with Gasteiger partial charge in [0.05, 0.1) is 0 Å². The number of unbranched alkanes of at least 4 members (excludes halogenated alkanes) is 3. The zero-order chi connectivity index (χ0) is 9.68. The summed E-state index contributed by atoms with van der Waals surface area (Å²) >= 11 is 0. The van der Waals surface area contributed by atoms with Crippen molar-refractivity contribution in [2.45, 2.75) is 45.1 Å². The van der Waals surface area contributed by atoms with E-state index in [0.29, 0.717) is 6.42 Å². The van der Waals surface area contributed by atoms with Crippen LogP contribution in [-0.4, -0.2) is 18.1 Å². The zero-order valence-electron chi connectivity index (χ0n) is 7.84. The number of nitrogens with one attached hydrogen (secondary N) is 1. The van der Waals surface area contributed by atoms with Crippen molar-refractivity contribution in [3.63, 3.8) is 0 Å². The normalized spacial score (nSPS) is 21.5. The first-order valence-electron chi connectivity index (χ1n) is 4.76. The number of hydrogen-bond donors (Lipinski definition) is 1. The van der Waals surface area contributed by atoms with Crippen LogP contribution in [0.3, 0.4) is 0 Å². The molecule has 13 heavy (non-hydrogen) atoms. The molecule has 4 heteroatoms. The topological polar surface area (TPSA) is 55.4 Å². The first kappa shape index (κ1) is 10.0. The second kappa shape index (κ2) is 4.84. The Hall–Kier alpha value is -1.06. The maximum atomic E-state index is 10.9. The molecule has 1 saturated heterocycles. The lowest BCUT2D eigenvalue weighted by molar-refractivity contribution is -0.135. The number of carbonyl (C=O) groups excluding carboxylic acids is 2. The lowest BCUT2D eigenvalue weighted by Crippen LogP contribution is -2.28. The average molecular weight is 185 g/mol. The highest BCUT2D eigenvalue weighted by molar-refractivity contribution is 5.95. The van der Waals surface area contributed by atoms with Crippen molar-refractivity contribution >= 4 is 12.1 Å². The summed E-state index contributed by atoms with van der Waals surface area (Å²) in [6.45, 7) is 2.13. The summed E-state index contributed by atoms with van der Waals surface area (Å²) in [5.74, 6) is -0.429. The summed E-state index contributed by atoms with van der Waals surface area (Å²) in [6.07, 6.45) is 4.51. The molecule has 0 aromatic rings. The highest BCUT2D eigenvalue weighted by atomic mass is 16.6. The third-order valence-corrected chi connectivity index (χ3v) is 2.12. The van der Waals surface area contributed by atoms with E-state index in [-0.39, 0.29) is 0 Å². The molecular weight excluding hydrogens is 170 g/mol. The number of amides is 1. The van der Waals surface area contributed by atoms with Gasteiger partial charge in [-0.05, 0) is 6.42 Å². The van der Waals surface area contributed by atoms with Gasteiger partial charge in [-0.1, -0.05) is 32.6 Å². The van der Waals surface area contributed by atoms with Crippen LogP contribution in [0.2, 0.25) is 0 Å². The highest BCUT2D eigenvalue weighted by Gasteiger charge is 2.31. The predicted octanol–water partition coefficient (Wildman–Crippen LogP) is 1.59. The fraction of sp³-hybridized carbons (Fsp3) is 0.778. The Bertz CT molecular complexity index is 203. The van der Waals surface area contributed by atoms with Crippen molar-refractivity contribution in [1.29, 1.82) is 0 Å². The van der Waals surface area contributed by atoms with Gasteiger partial charge in [-0.3, -0.25) is 0 Å². The van der Waals surface area contributed by atoms with E-state index in [1.807, 2.05) is 0 Å². The van der Waals surface area contributed by atoms with E-state index >= 15 is 0 Å². The molecule has 0 saturated carbocycles. The predicted molar refractivity (Wildman–Crippen MR) is 47.2 cm³/mol. The van der Waals surface area contributed by atoms with Crippen LogP contribution in [0.25, 0.3) is 0 Å². The van der Waals surface area contributed by atoms with Crippen LogP contribution in [0.1, 0.15) is 39.0 Å². The maximum absolute atomic E-state index is 10.9. The minimum absolute atomic E-state index is 0.399. The van der Waals surface area contributed by atoms with Crippen LogP contribution in [0.5, 0.6) is 0 Å². The molecule has 1 aliphatic heterocycles. The Labute approximate surface area is 77.6 Å². The molecule has 0 aromatic heterocycles. The summed E-state index contributed by atoms with van der Waals surface area (Å²) in [6, 6.07) is -0.399. The molecule has 0 aliphatic carbocycles. The van der Waals surface area contributed by atoms with Crippen molar-refractivity contribution in [2.75, 3.05) is 0 Å². The Morgan fingerprint density at radius 2 is 2.08 bits per heavy atom. The van der Waals surface area contributed by atoms with Gasteiger partial charge in [0, 0.05) is 0 Å². The van der Waals surface area contributed by atoms with Gasteiger partial charge in [0.1, 0.15) is 6.04 Å². The molecule has 0 radical (unpaired) electrons. The minimum Gasteiger partial charge on any atom is -0.375 e. The molecule has 1 N–H and O–H groups in total. The Morgan fingerprint density at radius 1 is 1.31 bits per heavy atom. The first-order chi connectivity index (χ1) is 6.24.